The first-order chi connectivity index (χ1) is 8.46. The number of aromatic amines is 1. The Labute approximate surface area is 106 Å². The third kappa shape index (κ3) is 3.20. The first kappa shape index (κ1) is 12.8. The lowest BCUT2D eigenvalue weighted by Gasteiger charge is -2.35. The first-order valence-corrected chi connectivity index (χ1v) is 6.10. The van der Waals surface area contributed by atoms with E-state index in [0.29, 0.717) is 12.2 Å². The van der Waals surface area contributed by atoms with Gasteiger partial charge in [0, 0.05) is 24.9 Å². The molecule has 2 rings (SSSR count). The molecule has 98 valence electrons. The molecule has 1 fully saturated rings. The Morgan fingerprint density at radius 3 is 2.89 bits per heavy atom. The van der Waals surface area contributed by atoms with Crippen LogP contribution in [0.15, 0.2) is 23.1 Å². The molecule has 5 heteroatoms. The molecule has 1 aromatic heterocycles. The van der Waals surface area contributed by atoms with Crippen LogP contribution in [-0.2, 0) is 4.74 Å². The van der Waals surface area contributed by atoms with Crippen molar-refractivity contribution in [2.75, 3.05) is 6.61 Å². The molecule has 2 heterocycles. The topological polar surface area (TPSA) is 71.2 Å². The monoisotopic (exact) mass is 250 g/mol. The average molecular weight is 250 g/mol. The van der Waals surface area contributed by atoms with Crippen molar-refractivity contribution in [3.63, 3.8) is 0 Å². The van der Waals surface area contributed by atoms with Crippen molar-refractivity contribution in [2.45, 2.75) is 38.3 Å². The smallest absolute Gasteiger partial charge is 0.252 e. The fraction of sp³-hybridized carbons (Fsp3) is 0.538. The Bertz CT molecular complexity index is 473. The Hall–Kier alpha value is -1.62. The maximum absolute atomic E-state index is 12.0. The molecular formula is C13H18N2O3. The highest BCUT2D eigenvalue weighted by atomic mass is 16.5. The van der Waals surface area contributed by atoms with E-state index in [9.17, 15) is 9.59 Å². The van der Waals surface area contributed by atoms with E-state index in [4.69, 9.17) is 4.74 Å². The minimum Gasteiger partial charge on any atom is -0.375 e. The number of pyridine rings is 1. The molecule has 1 aliphatic rings. The van der Waals surface area contributed by atoms with Crippen LogP contribution in [0.3, 0.4) is 0 Å². The average Bonchev–Trinajstić information content (AvgIpc) is 2.28. The Morgan fingerprint density at radius 1 is 1.50 bits per heavy atom. The van der Waals surface area contributed by atoms with Gasteiger partial charge in [-0.3, -0.25) is 9.59 Å². The van der Waals surface area contributed by atoms with Crippen molar-refractivity contribution < 1.29 is 9.53 Å². The van der Waals surface area contributed by atoms with Gasteiger partial charge >= 0.3 is 0 Å². The van der Waals surface area contributed by atoms with E-state index in [-0.39, 0.29) is 23.1 Å². The van der Waals surface area contributed by atoms with Crippen LogP contribution in [0.4, 0.5) is 0 Å². The number of carbonyl (C=O) groups is 1. The van der Waals surface area contributed by atoms with Crippen molar-refractivity contribution in [3.05, 3.63) is 34.2 Å². The van der Waals surface area contributed by atoms with E-state index in [1.165, 1.54) is 18.3 Å². The van der Waals surface area contributed by atoms with Crippen LogP contribution in [0.2, 0.25) is 0 Å². The van der Waals surface area contributed by atoms with Gasteiger partial charge in [0.15, 0.2) is 0 Å². The number of hydrogen-bond acceptors (Lipinski definition) is 3. The van der Waals surface area contributed by atoms with Crippen molar-refractivity contribution in [1.82, 2.24) is 10.3 Å². The molecule has 0 radical (unpaired) electrons. The van der Waals surface area contributed by atoms with Crippen molar-refractivity contribution >= 4 is 5.91 Å². The minimum absolute atomic E-state index is 0.119. The molecule has 0 aromatic carbocycles. The molecule has 0 spiro atoms. The highest BCUT2D eigenvalue weighted by Gasteiger charge is 2.29. The summed E-state index contributed by atoms with van der Waals surface area (Å²) in [4.78, 5) is 25.4. The second kappa shape index (κ2) is 4.94. The number of carbonyl (C=O) groups excluding carboxylic acids is 1. The van der Waals surface area contributed by atoms with Gasteiger partial charge in [0.25, 0.3) is 5.91 Å². The van der Waals surface area contributed by atoms with Gasteiger partial charge in [-0.1, -0.05) is 0 Å². The largest absolute Gasteiger partial charge is 0.375 e. The van der Waals surface area contributed by atoms with E-state index >= 15 is 0 Å². The normalized spacial score (nSPS) is 22.4. The van der Waals surface area contributed by atoms with Gasteiger partial charge in [0.2, 0.25) is 5.56 Å². The van der Waals surface area contributed by atoms with Gasteiger partial charge in [0.05, 0.1) is 11.2 Å². The maximum atomic E-state index is 12.0. The molecular weight excluding hydrogens is 232 g/mol. The second-order valence-corrected chi connectivity index (χ2v) is 5.21. The molecule has 5 nitrogen and oxygen atoms in total. The summed E-state index contributed by atoms with van der Waals surface area (Å²) in [5.41, 5.74) is 0.0685. The molecule has 2 N–H and O–H groups in total. The van der Waals surface area contributed by atoms with Crippen LogP contribution in [-0.4, -0.2) is 29.1 Å². The predicted molar refractivity (Wildman–Crippen MR) is 67.6 cm³/mol. The van der Waals surface area contributed by atoms with Gasteiger partial charge in [-0.2, -0.15) is 0 Å². The Morgan fingerprint density at radius 2 is 2.28 bits per heavy atom. The minimum atomic E-state index is -0.209. The highest BCUT2D eigenvalue weighted by molar-refractivity contribution is 5.94. The molecule has 1 aliphatic heterocycles. The molecule has 0 saturated carbocycles. The summed E-state index contributed by atoms with van der Waals surface area (Å²) in [6, 6.07) is 3.00. The first-order valence-electron chi connectivity index (χ1n) is 6.10. The predicted octanol–water partition coefficient (Wildman–Crippen LogP) is 1.06. The molecule has 1 saturated heterocycles. The Kier molecular flexibility index (Phi) is 3.52. The number of H-pyrrole nitrogens is 1. The van der Waals surface area contributed by atoms with Crippen molar-refractivity contribution in [3.8, 4) is 0 Å². The summed E-state index contributed by atoms with van der Waals surface area (Å²) in [5, 5.41) is 2.97. The van der Waals surface area contributed by atoms with Gasteiger partial charge in [-0.25, -0.2) is 0 Å². The van der Waals surface area contributed by atoms with E-state index in [1.54, 1.807) is 0 Å². The molecule has 0 bridgehead atoms. The molecule has 18 heavy (non-hydrogen) atoms. The zero-order valence-electron chi connectivity index (χ0n) is 10.7. The third-order valence-corrected chi connectivity index (χ3v) is 3.08. The summed E-state index contributed by atoms with van der Waals surface area (Å²) < 4.78 is 5.60. The van der Waals surface area contributed by atoms with Gasteiger partial charge in [-0.15, -0.1) is 0 Å². The van der Waals surface area contributed by atoms with Gasteiger partial charge in [-0.05, 0) is 32.8 Å². The standard InChI is InChI=1S/C13H18N2O3/c1-13(2)7-10(5-6-18-13)15-12(17)9-3-4-11(16)14-8-9/h3-4,8,10H,5-7H2,1-2H3,(H,14,16)(H,15,17). The number of ether oxygens (including phenoxy) is 1. The lowest BCUT2D eigenvalue weighted by atomic mass is 9.94. The second-order valence-electron chi connectivity index (χ2n) is 5.21. The summed E-state index contributed by atoms with van der Waals surface area (Å²) in [6.07, 6.45) is 3.04. The summed E-state index contributed by atoms with van der Waals surface area (Å²) >= 11 is 0. The fourth-order valence-electron chi connectivity index (χ4n) is 2.18. The van der Waals surface area contributed by atoms with Gasteiger partial charge in [0.1, 0.15) is 0 Å². The SMILES string of the molecule is CC1(C)CC(NC(=O)c2ccc(=O)[nH]c2)CCO1. The number of aromatic nitrogens is 1. The zero-order valence-corrected chi connectivity index (χ0v) is 10.7. The Balaban J connectivity index is 1.99. The summed E-state index contributed by atoms with van der Waals surface area (Å²) in [5.74, 6) is -0.158. The van der Waals surface area contributed by atoms with E-state index in [1.807, 2.05) is 13.8 Å². The van der Waals surface area contributed by atoms with Crippen LogP contribution in [0, 0.1) is 0 Å². The summed E-state index contributed by atoms with van der Waals surface area (Å²) in [7, 11) is 0. The molecule has 1 amide bonds. The number of hydrogen-bond donors (Lipinski definition) is 2. The van der Waals surface area contributed by atoms with Crippen molar-refractivity contribution in [2.24, 2.45) is 0 Å². The van der Waals surface area contributed by atoms with E-state index in [2.05, 4.69) is 10.3 Å². The van der Waals surface area contributed by atoms with Crippen LogP contribution in [0.1, 0.15) is 37.0 Å². The lowest BCUT2D eigenvalue weighted by Crippen LogP contribution is -2.45. The summed E-state index contributed by atoms with van der Waals surface area (Å²) in [6.45, 7) is 4.69. The third-order valence-electron chi connectivity index (χ3n) is 3.08. The van der Waals surface area contributed by atoms with Crippen LogP contribution < -0.4 is 10.9 Å². The van der Waals surface area contributed by atoms with Crippen LogP contribution in [0.5, 0.6) is 0 Å². The van der Waals surface area contributed by atoms with Crippen molar-refractivity contribution in [1.29, 1.82) is 0 Å². The fourth-order valence-corrected chi connectivity index (χ4v) is 2.18. The van der Waals surface area contributed by atoms with Gasteiger partial charge < -0.3 is 15.0 Å². The number of rotatable bonds is 2. The zero-order chi connectivity index (χ0) is 13.2. The van der Waals surface area contributed by atoms with Crippen LogP contribution in [0.25, 0.3) is 0 Å². The number of amides is 1. The highest BCUT2D eigenvalue weighted by Crippen LogP contribution is 2.23. The molecule has 0 aliphatic carbocycles. The van der Waals surface area contributed by atoms with E-state index in [0.717, 1.165) is 12.8 Å². The lowest BCUT2D eigenvalue weighted by molar-refractivity contribution is -0.0615. The van der Waals surface area contributed by atoms with E-state index < -0.39 is 0 Å². The molecule has 1 unspecified atom stereocenters. The van der Waals surface area contributed by atoms with Crippen LogP contribution >= 0.6 is 0 Å². The maximum Gasteiger partial charge on any atom is 0.252 e. The molecule has 1 aromatic rings. The molecule has 1 atom stereocenters. The number of nitrogens with one attached hydrogen (secondary N) is 2. The quantitative estimate of drug-likeness (QED) is 0.824.